The Hall–Kier alpha value is -3.17. The number of furan rings is 1. The van der Waals surface area contributed by atoms with Crippen LogP contribution in [0.5, 0.6) is 0 Å². The molecule has 10 heteroatoms. The van der Waals surface area contributed by atoms with E-state index in [0.29, 0.717) is 16.5 Å². The van der Waals surface area contributed by atoms with Crippen LogP contribution in [0.2, 0.25) is 5.02 Å². The maximum absolute atomic E-state index is 12.0. The summed E-state index contributed by atoms with van der Waals surface area (Å²) >= 11 is 10.9. The molecule has 0 radical (unpaired) electrons. The van der Waals surface area contributed by atoms with Gasteiger partial charge in [0.15, 0.2) is 5.11 Å². The summed E-state index contributed by atoms with van der Waals surface area (Å²) in [6, 6.07) is 8.67. The summed E-state index contributed by atoms with van der Waals surface area (Å²) in [5, 5.41) is 5.52. The molecule has 0 aliphatic heterocycles. The number of anilines is 1. The van der Waals surface area contributed by atoms with E-state index in [4.69, 9.17) is 28.2 Å². The fraction of sp³-hybridized carbons (Fsp3) is 0.200. The maximum atomic E-state index is 12.0. The molecule has 0 aliphatic carbocycles. The van der Waals surface area contributed by atoms with Crippen molar-refractivity contribution in [2.75, 3.05) is 5.32 Å². The first-order valence-electron chi connectivity index (χ1n) is 8.94. The largest absolute Gasteiger partial charge is 0.462 e. The molecule has 0 saturated carbocycles. The minimum absolute atomic E-state index is 0.0378. The molecule has 0 atom stereocenters. The molecule has 158 valence electrons. The van der Waals surface area contributed by atoms with Crippen LogP contribution in [0, 0.1) is 13.8 Å². The van der Waals surface area contributed by atoms with Gasteiger partial charge in [-0.2, -0.15) is 0 Å². The third kappa shape index (κ3) is 7.69. The number of hydrogen-bond donors (Lipinski definition) is 4. The van der Waals surface area contributed by atoms with Gasteiger partial charge in [-0.15, -0.1) is 0 Å². The molecule has 0 unspecified atom stereocenters. The molecular formula is C20H21ClN4O4S. The lowest BCUT2D eigenvalue weighted by atomic mass is 10.2. The Morgan fingerprint density at radius 2 is 1.80 bits per heavy atom. The maximum Gasteiger partial charge on any atom is 0.250 e. The molecule has 30 heavy (non-hydrogen) atoms. The number of thiocarbonyl (C=S) groups is 1. The SMILES string of the molecule is Cc1ccc(C=CC(=O)NC(=S)NNC(=O)CCC(=O)Nc2cccc(Cl)c2C)o1. The lowest BCUT2D eigenvalue weighted by Crippen LogP contribution is -2.48. The fourth-order valence-electron chi connectivity index (χ4n) is 2.26. The van der Waals surface area contributed by atoms with E-state index in [2.05, 4.69) is 21.5 Å². The highest BCUT2D eigenvalue weighted by Gasteiger charge is 2.10. The number of halogens is 1. The first-order valence-corrected chi connectivity index (χ1v) is 9.72. The van der Waals surface area contributed by atoms with Gasteiger partial charge in [-0.05, 0) is 62.0 Å². The molecule has 1 aromatic heterocycles. The van der Waals surface area contributed by atoms with Crippen LogP contribution in [0.4, 0.5) is 5.69 Å². The number of benzene rings is 1. The van der Waals surface area contributed by atoms with Crippen molar-refractivity contribution in [1.29, 1.82) is 0 Å². The van der Waals surface area contributed by atoms with Crippen LogP contribution >= 0.6 is 23.8 Å². The summed E-state index contributed by atoms with van der Waals surface area (Å²) in [6.45, 7) is 3.58. The zero-order valence-electron chi connectivity index (χ0n) is 16.4. The molecule has 0 aliphatic rings. The third-order valence-corrected chi connectivity index (χ3v) is 4.45. The standard InChI is InChI=1S/C20H21ClN4O4S/c1-12-6-7-14(29-12)8-9-18(27)23-20(30)25-24-19(28)11-10-17(26)22-16-5-3-4-15(21)13(16)2/h3-9H,10-11H2,1-2H3,(H,22,26)(H,24,28)(H2,23,25,27,30). The van der Waals surface area contributed by atoms with Crippen LogP contribution in [-0.4, -0.2) is 22.8 Å². The lowest BCUT2D eigenvalue weighted by molar-refractivity contribution is -0.124. The molecule has 4 N–H and O–H groups in total. The molecular weight excluding hydrogens is 428 g/mol. The van der Waals surface area contributed by atoms with E-state index in [1.165, 1.54) is 12.2 Å². The van der Waals surface area contributed by atoms with Gasteiger partial charge in [-0.25, -0.2) is 0 Å². The average molecular weight is 449 g/mol. The molecule has 0 fully saturated rings. The van der Waals surface area contributed by atoms with Gasteiger partial charge in [-0.3, -0.25) is 30.6 Å². The van der Waals surface area contributed by atoms with Crippen molar-refractivity contribution in [3.05, 3.63) is 58.5 Å². The van der Waals surface area contributed by atoms with Crippen molar-refractivity contribution in [1.82, 2.24) is 16.2 Å². The first-order chi connectivity index (χ1) is 14.2. The number of carbonyl (C=O) groups excluding carboxylic acids is 3. The van der Waals surface area contributed by atoms with Crippen LogP contribution in [0.25, 0.3) is 6.08 Å². The zero-order valence-corrected chi connectivity index (χ0v) is 17.9. The number of hydrogen-bond acceptors (Lipinski definition) is 5. The molecule has 1 aromatic carbocycles. The summed E-state index contributed by atoms with van der Waals surface area (Å²) in [6.07, 6.45) is 2.62. The zero-order chi connectivity index (χ0) is 22.1. The molecule has 0 spiro atoms. The smallest absolute Gasteiger partial charge is 0.250 e. The fourth-order valence-corrected chi connectivity index (χ4v) is 2.58. The second-order valence-corrected chi connectivity index (χ2v) is 7.05. The van der Waals surface area contributed by atoms with Gasteiger partial charge < -0.3 is 9.73 Å². The normalized spacial score (nSPS) is 10.5. The van der Waals surface area contributed by atoms with Gasteiger partial charge in [0, 0.05) is 29.6 Å². The van der Waals surface area contributed by atoms with Gasteiger partial charge in [-0.1, -0.05) is 17.7 Å². The number of amides is 3. The summed E-state index contributed by atoms with van der Waals surface area (Å²) in [5.41, 5.74) is 6.05. The van der Waals surface area contributed by atoms with Crippen molar-refractivity contribution < 1.29 is 18.8 Å². The molecule has 2 aromatic rings. The first kappa shape index (κ1) is 23.1. The quantitative estimate of drug-likeness (QED) is 0.307. The van der Waals surface area contributed by atoms with E-state index < -0.39 is 11.8 Å². The summed E-state index contributed by atoms with van der Waals surface area (Å²) in [7, 11) is 0. The Kier molecular flexibility index (Phi) is 8.57. The van der Waals surface area contributed by atoms with Gasteiger partial charge >= 0.3 is 0 Å². The third-order valence-electron chi connectivity index (χ3n) is 3.83. The molecule has 1 heterocycles. The highest BCUT2D eigenvalue weighted by molar-refractivity contribution is 7.80. The molecule has 0 saturated heterocycles. The van der Waals surface area contributed by atoms with Crippen molar-refractivity contribution >= 4 is 58.4 Å². The average Bonchev–Trinajstić information content (AvgIpc) is 3.12. The monoisotopic (exact) mass is 448 g/mol. The topological polar surface area (TPSA) is 112 Å². The number of carbonyl (C=O) groups is 3. The number of aryl methyl sites for hydroxylation is 1. The lowest BCUT2D eigenvalue weighted by Gasteiger charge is -2.11. The Bertz CT molecular complexity index is 987. The van der Waals surface area contributed by atoms with E-state index in [1.54, 1.807) is 44.2 Å². The predicted molar refractivity (Wildman–Crippen MR) is 119 cm³/mol. The summed E-state index contributed by atoms with van der Waals surface area (Å²) < 4.78 is 5.30. The summed E-state index contributed by atoms with van der Waals surface area (Å²) in [4.78, 5) is 35.6. The van der Waals surface area contributed by atoms with Crippen LogP contribution in [-0.2, 0) is 14.4 Å². The highest BCUT2D eigenvalue weighted by atomic mass is 35.5. The van der Waals surface area contributed by atoms with E-state index >= 15 is 0 Å². The number of rotatable bonds is 6. The Morgan fingerprint density at radius 1 is 1.07 bits per heavy atom. The van der Waals surface area contributed by atoms with Crippen LogP contribution < -0.4 is 21.5 Å². The minimum atomic E-state index is -0.493. The van der Waals surface area contributed by atoms with Gasteiger partial charge in [0.1, 0.15) is 11.5 Å². The van der Waals surface area contributed by atoms with E-state index in [1.807, 2.05) is 0 Å². The number of hydrazine groups is 1. The Morgan fingerprint density at radius 3 is 2.50 bits per heavy atom. The van der Waals surface area contributed by atoms with Crippen LogP contribution in [0.1, 0.15) is 29.9 Å². The highest BCUT2D eigenvalue weighted by Crippen LogP contribution is 2.23. The minimum Gasteiger partial charge on any atom is -0.462 e. The predicted octanol–water partition coefficient (Wildman–Crippen LogP) is 3.00. The van der Waals surface area contributed by atoms with Crippen molar-refractivity contribution in [2.24, 2.45) is 0 Å². The molecule has 2 rings (SSSR count). The van der Waals surface area contributed by atoms with Crippen molar-refractivity contribution in [3.63, 3.8) is 0 Å². The van der Waals surface area contributed by atoms with Crippen LogP contribution in [0.15, 0.2) is 40.8 Å². The second kappa shape index (κ2) is 11.1. The van der Waals surface area contributed by atoms with E-state index in [9.17, 15) is 14.4 Å². The van der Waals surface area contributed by atoms with Crippen LogP contribution in [0.3, 0.4) is 0 Å². The van der Waals surface area contributed by atoms with Crippen molar-refractivity contribution in [3.8, 4) is 0 Å². The molecule has 8 nitrogen and oxygen atoms in total. The number of nitrogens with one attached hydrogen (secondary N) is 4. The Labute approximate surface area is 184 Å². The van der Waals surface area contributed by atoms with Gasteiger partial charge in [0.05, 0.1) is 0 Å². The van der Waals surface area contributed by atoms with Gasteiger partial charge in [0.25, 0.3) is 0 Å². The van der Waals surface area contributed by atoms with E-state index in [0.717, 1.165) is 11.3 Å². The molecule has 0 bridgehead atoms. The Balaban J connectivity index is 1.67. The van der Waals surface area contributed by atoms with Crippen molar-refractivity contribution in [2.45, 2.75) is 26.7 Å². The van der Waals surface area contributed by atoms with E-state index in [-0.39, 0.29) is 23.9 Å². The molecule has 3 amide bonds. The summed E-state index contributed by atoms with van der Waals surface area (Å²) in [5.74, 6) is -0.0321. The second-order valence-electron chi connectivity index (χ2n) is 6.23. The van der Waals surface area contributed by atoms with Gasteiger partial charge in [0.2, 0.25) is 17.7 Å².